The zero-order valence-corrected chi connectivity index (χ0v) is 10.4. The van der Waals surface area contributed by atoms with Gasteiger partial charge in [-0.1, -0.05) is 0 Å². The lowest BCUT2D eigenvalue weighted by molar-refractivity contribution is -0.127. The molecule has 2 N–H and O–H groups in total. The second-order valence-electron chi connectivity index (χ2n) is 4.74. The van der Waals surface area contributed by atoms with E-state index in [2.05, 4.69) is 5.32 Å². The van der Waals surface area contributed by atoms with Crippen molar-refractivity contribution in [3.8, 4) is 6.07 Å². The van der Waals surface area contributed by atoms with Crippen LogP contribution < -0.4 is 5.32 Å². The number of carbonyl (C=O) groups is 1. The second kappa shape index (κ2) is 5.81. The van der Waals surface area contributed by atoms with Crippen LogP contribution in [0.3, 0.4) is 0 Å². The van der Waals surface area contributed by atoms with Crippen LogP contribution in [-0.4, -0.2) is 17.1 Å². The zero-order chi connectivity index (χ0) is 13.8. The number of nitrogens with zero attached hydrogens (tertiary/aromatic N) is 1. The highest BCUT2D eigenvalue weighted by atomic mass is 19.1. The summed E-state index contributed by atoms with van der Waals surface area (Å²) in [5.74, 6) is -1.11. The molecule has 4 nitrogen and oxygen atoms in total. The topological polar surface area (TPSA) is 73.1 Å². The number of hydrogen-bond acceptors (Lipinski definition) is 3. The third-order valence-electron chi connectivity index (χ3n) is 3.44. The van der Waals surface area contributed by atoms with Crippen LogP contribution in [0.25, 0.3) is 0 Å². The monoisotopic (exact) mass is 262 g/mol. The first-order chi connectivity index (χ1) is 9.11. The SMILES string of the molecule is N#Cc1ccc(F)c(CNC(=O)C2CCCC2O)c1. The van der Waals surface area contributed by atoms with Gasteiger partial charge < -0.3 is 10.4 Å². The highest BCUT2D eigenvalue weighted by Crippen LogP contribution is 2.25. The van der Waals surface area contributed by atoms with Gasteiger partial charge in [-0.05, 0) is 37.5 Å². The van der Waals surface area contributed by atoms with Gasteiger partial charge >= 0.3 is 0 Å². The number of amides is 1. The summed E-state index contributed by atoms with van der Waals surface area (Å²) in [4.78, 5) is 11.8. The van der Waals surface area contributed by atoms with Gasteiger partial charge in [0.25, 0.3) is 0 Å². The molecule has 1 amide bonds. The number of carbonyl (C=O) groups excluding carboxylic acids is 1. The molecule has 0 bridgehead atoms. The van der Waals surface area contributed by atoms with Crippen LogP contribution in [0.5, 0.6) is 0 Å². The molecule has 0 heterocycles. The molecule has 0 saturated heterocycles. The molecule has 0 radical (unpaired) electrons. The van der Waals surface area contributed by atoms with Crippen LogP contribution in [0.4, 0.5) is 4.39 Å². The van der Waals surface area contributed by atoms with E-state index < -0.39 is 17.8 Å². The van der Waals surface area contributed by atoms with Gasteiger partial charge in [0.1, 0.15) is 5.82 Å². The fourth-order valence-electron chi connectivity index (χ4n) is 2.34. The average molecular weight is 262 g/mol. The molecular formula is C14H15FN2O2. The average Bonchev–Trinajstić information content (AvgIpc) is 2.84. The largest absolute Gasteiger partial charge is 0.392 e. The van der Waals surface area contributed by atoms with Gasteiger partial charge in [-0.25, -0.2) is 4.39 Å². The van der Waals surface area contributed by atoms with Crippen molar-refractivity contribution < 1.29 is 14.3 Å². The van der Waals surface area contributed by atoms with E-state index in [0.29, 0.717) is 18.4 Å². The highest BCUT2D eigenvalue weighted by molar-refractivity contribution is 5.79. The Hall–Kier alpha value is -1.93. The molecule has 1 aromatic carbocycles. The van der Waals surface area contributed by atoms with Crippen molar-refractivity contribution in [1.29, 1.82) is 5.26 Å². The van der Waals surface area contributed by atoms with Crippen LogP contribution in [0.1, 0.15) is 30.4 Å². The lowest BCUT2D eigenvalue weighted by atomic mass is 10.0. The molecule has 2 unspecified atom stereocenters. The molecule has 2 atom stereocenters. The first-order valence-corrected chi connectivity index (χ1v) is 6.26. The molecule has 0 aliphatic heterocycles. The van der Waals surface area contributed by atoms with Crippen LogP contribution >= 0.6 is 0 Å². The van der Waals surface area contributed by atoms with Gasteiger partial charge in [0.2, 0.25) is 5.91 Å². The van der Waals surface area contributed by atoms with Crippen LogP contribution in [-0.2, 0) is 11.3 Å². The van der Waals surface area contributed by atoms with E-state index in [1.165, 1.54) is 18.2 Å². The highest BCUT2D eigenvalue weighted by Gasteiger charge is 2.31. The van der Waals surface area contributed by atoms with Gasteiger partial charge in [0.05, 0.1) is 23.7 Å². The van der Waals surface area contributed by atoms with Crippen LogP contribution in [0, 0.1) is 23.1 Å². The van der Waals surface area contributed by atoms with Crippen molar-refractivity contribution in [2.24, 2.45) is 5.92 Å². The quantitative estimate of drug-likeness (QED) is 0.866. The maximum atomic E-state index is 13.5. The van der Waals surface area contributed by atoms with Crippen LogP contribution in [0.15, 0.2) is 18.2 Å². The molecular weight excluding hydrogens is 247 g/mol. The van der Waals surface area contributed by atoms with Crippen molar-refractivity contribution in [3.63, 3.8) is 0 Å². The van der Waals surface area contributed by atoms with Crippen molar-refractivity contribution in [2.75, 3.05) is 0 Å². The first kappa shape index (κ1) is 13.5. The molecule has 5 heteroatoms. The van der Waals surface area contributed by atoms with Crippen molar-refractivity contribution >= 4 is 5.91 Å². The maximum Gasteiger partial charge on any atom is 0.225 e. The predicted octanol–water partition coefficient (Wildman–Crippen LogP) is 1.47. The first-order valence-electron chi connectivity index (χ1n) is 6.26. The lowest BCUT2D eigenvalue weighted by Gasteiger charge is -2.14. The normalized spacial score (nSPS) is 21.9. The zero-order valence-electron chi connectivity index (χ0n) is 10.4. The van der Waals surface area contributed by atoms with E-state index in [1.54, 1.807) is 0 Å². The molecule has 19 heavy (non-hydrogen) atoms. The van der Waals surface area contributed by atoms with Crippen molar-refractivity contribution in [1.82, 2.24) is 5.32 Å². The predicted molar refractivity (Wildman–Crippen MR) is 66.3 cm³/mol. The third kappa shape index (κ3) is 3.09. The van der Waals surface area contributed by atoms with Crippen LogP contribution in [0.2, 0.25) is 0 Å². The Morgan fingerprint density at radius 2 is 2.32 bits per heavy atom. The number of rotatable bonds is 3. The van der Waals surface area contributed by atoms with E-state index in [-0.39, 0.29) is 18.0 Å². The Balaban J connectivity index is 1.99. The Bertz CT molecular complexity index is 525. The van der Waals surface area contributed by atoms with Gasteiger partial charge in [-0.3, -0.25) is 4.79 Å². The molecule has 1 aromatic rings. The fourth-order valence-corrected chi connectivity index (χ4v) is 2.34. The molecule has 2 rings (SSSR count). The van der Waals surface area contributed by atoms with E-state index >= 15 is 0 Å². The minimum atomic E-state index is -0.602. The minimum Gasteiger partial charge on any atom is -0.392 e. The second-order valence-corrected chi connectivity index (χ2v) is 4.74. The number of nitrogens with one attached hydrogen (secondary N) is 1. The summed E-state index contributed by atoms with van der Waals surface area (Å²) in [6.45, 7) is 0.0312. The van der Waals surface area contributed by atoms with Gasteiger partial charge in [0.15, 0.2) is 0 Å². The number of nitriles is 1. The molecule has 1 aliphatic carbocycles. The number of hydrogen-bond donors (Lipinski definition) is 2. The standard InChI is InChI=1S/C14H15FN2O2/c15-12-5-4-9(7-16)6-10(12)8-17-14(19)11-2-1-3-13(11)18/h4-6,11,13,18H,1-3,8H2,(H,17,19). The Kier molecular flexibility index (Phi) is 4.13. The summed E-state index contributed by atoms with van der Waals surface area (Å²) < 4.78 is 13.5. The van der Waals surface area contributed by atoms with E-state index in [4.69, 9.17) is 5.26 Å². The summed E-state index contributed by atoms with van der Waals surface area (Å²) in [7, 11) is 0. The minimum absolute atomic E-state index is 0.0312. The van der Waals surface area contributed by atoms with Gasteiger partial charge in [-0.15, -0.1) is 0 Å². The number of aliphatic hydroxyl groups excluding tert-OH is 1. The molecule has 100 valence electrons. The molecule has 1 aliphatic rings. The Morgan fingerprint density at radius 1 is 1.53 bits per heavy atom. The molecule has 1 saturated carbocycles. The van der Waals surface area contributed by atoms with Crippen molar-refractivity contribution in [3.05, 3.63) is 35.1 Å². The summed E-state index contributed by atoms with van der Waals surface area (Å²) in [5.41, 5.74) is 0.631. The van der Waals surface area contributed by atoms with E-state index in [1.807, 2.05) is 6.07 Å². The number of benzene rings is 1. The lowest BCUT2D eigenvalue weighted by Crippen LogP contribution is -2.34. The summed E-state index contributed by atoms with van der Waals surface area (Å²) in [5, 5.41) is 21.0. The molecule has 0 spiro atoms. The maximum absolute atomic E-state index is 13.5. The smallest absolute Gasteiger partial charge is 0.225 e. The third-order valence-corrected chi connectivity index (χ3v) is 3.44. The van der Waals surface area contributed by atoms with Crippen molar-refractivity contribution in [2.45, 2.75) is 31.9 Å². The van der Waals surface area contributed by atoms with E-state index in [0.717, 1.165) is 6.42 Å². The summed E-state index contributed by atoms with van der Waals surface area (Å²) in [6.07, 6.45) is 1.53. The summed E-state index contributed by atoms with van der Waals surface area (Å²) >= 11 is 0. The fraction of sp³-hybridized carbons (Fsp3) is 0.429. The Labute approximate surface area is 110 Å². The summed E-state index contributed by atoms with van der Waals surface area (Å²) in [6, 6.07) is 5.95. The van der Waals surface area contributed by atoms with E-state index in [9.17, 15) is 14.3 Å². The number of halogens is 1. The van der Waals surface area contributed by atoms with Gasteiger partial charge in [-0.2, -0.15) is 5.26 Å². The molecule has 1 fully saturated rings. The molecule has 0 aromatic heterocycles. The number of aliphatic hydroxyl groups is 1. The van der Waals surface area contributed by atoms with Gasteiger partial charge in [0, 0.05) is 12.1 Å². The Morgan fingerprint density at radius 3 is 2.95 bits per heavy atom.